The van der Waals surface area contributed by atoms with E-state index in [9.17, 15) is 9.59 Å². The van der Waals surface area contributed by atoms with Gasteiger partial charge in [-0.2, -0.15) is 0 Å². The van der Waals surface area contributed by atoms with E-state index in [1.807, 2.05) is 31.3 Å². The van der Waals surface area contributed by atoms with E-state index in [1.54, 1.807) is 14.0 Å². The minimum atomic E-state index is -0.245. The van der Waals surface area contributed by atoms with Gasteiger partial charge < -0.3 is 15.6 Å². The van der Waals surface area contributed by atoms with E-state index in [-0.39, 0.29) is 13.2 Å². The van der Waals surface area contributed by atoms with Gasteiger partial charge in [-0.1, -0.05) is 57.7 Å². The fraction of sp³-hybridized carbons (Fsp3) is 0.385. The third-order valence-corrected chi connectivity index (χ3v) is 5.59. The average molecular weight is 424 g/mol. The number of carbonyl (C=O) groups excluding carboxylic acids is 2. The molecular weight excluding hydrogens is 386 g/mol. The molecule has 0 saturated heterocycles. The molecule has 1 saturated carbocycles. The van der Waals surface area contributed by atoms with E-state index in [2.05, 4.69) is 53.0 Å². The van der Waals surface area contributed by atoms with Gasteiger partial charge in [0.2, 0.25) is 5.91 Å². The predicted octanol–water partition coefficient (Wildman–Crippen LogP) is 5.53. The van der Waals surface area contributed by atoms with E-state index in [4.69, 9.17) is 0 Å². The smallest absolute Gasteiger partial charge is 0.251 e. The van der Waals surface area contributed by atoms with Gasteiger partial charge in [0.15, 0.2) is 0 Å². The van der Waals surface area contributed by atoms with Crippen LogP contribution in [0.3, 0.4) is 0 Å². The lowest BCUT2D eigenvalue weighted by Crippen LogP contribution is -2.17. The lowest BCUT2D eigenvalue weighted by molar-refractivity contribution is -0.117. The normalized spacial score (nSPS) is 13.0. The Morgan fingerprint density at radius 2 is 1.65 bits per heavy atom. The largest absolute Gasteiger partial charge is 0.370 e. The van der Waals surface area contributed by atoms with Crippen molar-refractivity contribution in [1.82, 2.24) is 9.88 Å². The second-order valence-corrected chi connectivity index (χ2v) is 8.07. The fourth-order valence-corrected chi connectivity index (χ4v) is 3.55. The minimum absolute atomic E-state index is 0. The van der Waals surface area contributed by atoms with Gasteiger partial charge in [-0.15, -0.1) is 0 Å². The third-order valence-electron chi connectivity index (χ3n) is 5.59. The molecule has 0 atom stereocenters. The van der Waals surface area contributed by atoms with Crippen molar-refractivity contribution < 1.29 is 11.0 Å². The zero-order valence-corrected chi connectivity index (χ0v) is 19.2. The number of hydrogen-bond donors (Lipinski definition) is 2. The SMILES string of the molecule is CC1CCCC1.CCC(N)=O.CNC(=O)c1ccc(-c2ccc3c(ccn3C)c2)cc1.[HH]. The van der Waals surface area contributed by atoms with Crippen LogP contribution in [0.5, 0.6) is 0 Å². The third kappa shape index (κ3) is 7.28. The highest BCUT2D eigenvalue weighted by molar-refractivity contribution is 5.94. The Morgan fingerprint density at radius 1 is 1.06 bits per heavy atom. The first-order chi connectivity index (χ1) is 14.8. The number of aromatic nitrogens is 1. The molecule has 0 aliphatic heterocycles. The monoisotopic (exact) mass is 423 g/mol. The van der Waals surface area contributed by atoms with E-state index >= 15 is 0 Å². The van der Waals surface area contributed by atoms with Gasteiger partial charge in [-0.3, -0.25) is 9.59 Å². The molecule has 5 nitrogen and oxygen atoms in total. The number of rotatable bonds is 3. The highest BCUT2D eigenvalue weighted by Gasteiger charge is 2.07. The van der Waals surface area contributed by atoms with E-state index in [1.165, 1.54) is 36.6 Å². The number of carbonyl (C=O) groups is 2. The number of hydrogen-bond acceptors (Lipinski definition) is 2. The first kappa shape index (κ1) is 24.2. The van der Waals surface area contributed by atoms with Gasteiger partial charge in [0, 0.05) is 44.6 Å². The van der Waals surface area contributed by atoms with Crippen LogP contribution in [0.15, 0.2) is 54.7 Å². The zero-order chi connectivity index (χ0) is 22.8. The molecule has 1 aromatic heterocycles. The molecule has 1 fully saturated rings. The molecule has 0 unspecified atom stereocenters. The summed E-state index contributed by atoms with van der Waals surface area (Å²) in [4.78, 5) is 21.1. The maximum Gasteiger partial charge on any atom is 0.251 e. The van der Waals surface area contributed by atoms with Crippen molar-refractivity contribution in [1.29, 1.82) is 0 Å². The molecule has 1 heterocycles. The zero-order valence-electron chi connectivity index (χ0n) is 19.2. The van der Waals surface area contributed by atoms with Crippen molar-refractivity contribution in [2.45, 2.75) is 46.0 Å². The van der Waals surface area contributed by atoms with Crippen LogP contribution in [0.2, 0.25) is 0 Å². The molecular formula is C26H37N3O2. The number of benzene rings is 2. The summed E-state index contributed by atoms with van der Waals surface area (Å²) in [6.45, 7) is 4.06. The second kappa shape index (κ2) is 11.9. The first-order valence-corrected chi connectivity index (χ1v) is 11.0. The molecule has 3 aromatic rings. The Hall–Kier alpha value is -3.08. The van der Waals surface area contributed by atoms with E-state index in [0.717, 1.165) is 17.0 Å². The highest BCUT2D eigenvalue weighted by Crippen LogP contribution is 2.25. The van der Waals surface area contributed by atoms with Gasteiger partial charge in [-0.25, -0.2) is 0 Å². The Balaban J connectivity index is 0.000000354. The van der Waals surface area contributed by atoms with Gasteiger partial charge >= 0.3 is 0 Å². The summed E-state index contributed by atoms with van der Waals surface area (Å²) >= 11 is 0. The van der Waals surface area contributed by atoms with Crippen molar-refractivity contribution >= 4 is 22.7 Å². The molecule has 1 aliphatic rings. The summed E-state index contributed by atoms with van der Waals surface area (Å²) in [7, 11) is 3.68. The van der Waals surface area contributed by atoms with Crippen LogP contribution in [0, 0.1) is 5.92 Å². The standard InChI is InChI=1S/C17H16N2O.C6H12.C3H7NO.H2/c1-18-17(20)13-5-3-12(4-6-13)14-7-8-16-15(11-14)9-10-19(16)2;1-6-4-2-3-5-6;1-2-3(4)5;/h3-11H,1-2H3,(H,18,20);6H,2-5H2,1H3;2H2,1H3,(H2,4,5);1H. The minimum Gasteiger partial charge on any atom is -0.370 e. The summed E-state index contributed by atoms with van der Waals surface area (Å²) in [5.41, 5.74) is 8.82. The Kier molecular flexibility index (Phi) is 9.32. The van der Waals surface area contributed by atoms with E-state index < -0.39 is 0 Å². The van der Waals surface area contributed by atoms with Crippen LogP contribution >= 0.6 is 0 Å². The van der Waals surface area contributed by atoms with Crippen LogP contribution in [-0.4, -0.2) is 23.4 Å². The summed E-state index contributed by atoms with van der Waals surface area (Å²) in [6, 6.07) is 16.2. The molecule has 1 aliphatic carbocycles. The molecule has 2 amide bonds. The number of nitrogens with zero attached hydrogens (tertiary/aromatic N) is 1. The summed E-state index contributed by atoms with van der Waals surface area (Å²) in [6.07, 6.45) is 8.45. The van der Waals surface area contributed by atoms with Crippen molar-refractivity contribution in [2.24, 2.45) is 18.7 Å². The molecule has 0 bridgehead atoms. The molecule has 4 rings (SSSR count). The maximum absolute atomic E-state index is 11.5. The summed E-state index contributed by atoms with van der Waals surface area (Å²) in [5.74, 6) is 0.741. The average Bonchev–Trinajstić information content (AvgIpc) is 3.42. The number of aryl methyl sites for hydroxylation is 1. The van der Waals surface area contributed by atoms with Gasteiger partial charge in [0.25, 0.3) is 5.91 Å². The van der Waals surface area contributed by atoms with Crippen LogP contribution < -0.4 is 11.1 Å². The molecule has 2 aromatic carbocycles. The summed E-state index contributed by atoms with van der Waals surface area (Å²) in [5, 5.41) is 3.85. The number of amides is 2. The van der Waals surface area contributed by atoms with Crippen molar-refractivity contribution in [3.05, 3.63) is 60.3 Å². The maximum atomic E-state index is 11.5. The van der Waals surface area contributed by atoms with Crippen LogP contribution in [0.1, 0.15) is 57.7 Å². The van der Waals surface area contributed by atoms with E-state index in [0.29, 0.717) is 12.0 Å². The quantitative estimate of drug-likeness (QED) is 0.581. The number of primary amides is 1. The molecule has 0 spiro atoms. The Labute approximate surface area is 187 Å². The van der Waals surface area contributed by atoms with Gasteiger partial charge in [-0.05, 0) is 47.4 Å². The number of nitrogens with one attached hydrogen (secondary N) is 1. The first-order valence-electron chi connectivity index (χ1n) is 11.0. The van der Waals surface area contributed by atoms with Gasteiger partial charge in [0.05, 0.1) is 0 Å². The molecule has 31 heavy (non-hydrogen) atoms. The molecule has 0 radical (unpaired) electrons. The lowest BCUT2D eigenvalue weighted by atomic mass is 10.0. The number of nitrogens with two attached hydrogens (primary N) is 1. The van der Waals surface area contributed by atoms with Crippen molar-refractivity contribution in [3.8, 4) is 11.1 Å². The lowest BCUT2D eigenvalue weighted by Gasteiger charge is -2.05. The van der Waals surface area contributed by atoms with Crippen LogP contribution in [-0.2, 0) is 11.8 Å². The van der Waals surface area contributed by atoms with Crippen LogP contribution in [0.4, 0.5) is 0 Å². The number of fused-ring (bicyclic) bond motifs is 1. The van der Waals surface area contributed by atoms with Crippen LogP contribution in [0.25, 0.3) is 22.0 Å². The van der Waals surface area contributed by atoms with Crippen molar-refractivity contribution in [3.63, 3.8) is 0 Å². The Morgan fingerprint density at radius 3 is 2.13 bits per heavy atom. The topological polar surface area (TPSA) is 77.1 Å². The Bertz CT molecular complexity index is 990. The predicted molar refractivity (Wildman–Crippen MR) is 131 cm³/mol. The van der Waals surface area contributed by atoms with Gasteiger partial charge in [0.1, 0.15) is 0 Å². The molecule has 168 valence electrons. The second-order valence-electron chi connectivity index (χ2n) is 8.07. The van der Waals surface area contributed by atoms with Crippen molar-refractivity contribution in [2.75, 3.05) is 7.05 Å². The summed E-state index contributed by atoms with van der Waals surface area (Å²) < 4.78 is 2.10. The molecule has 3 N–H and O–H groups in total. The molecule has 5 heteroatoms. The fourth-order valence-electron chi connectivity index (χ4n) is 3.55. The highest BCUT2D eigenvalue weighted by atomic mass is 16.1.